The lowest BCUT2D eigenvalue weighted by atomic mass is 10.3. The van der Waals surface area contributed by atoms with Crippen LogP contribution in [0.1, 0.15) is 13.8 Å². The van der Waals surface area contributed by atoms with Crippen LogP contribution in [-0.4, -0.2) is 11.9 Å². The third kappa shape index (κ3) is 6.13. The number of ether oxygens (including phenoxy) is 2. The molecule has 2 aromatic carbocycles. The Morgan fingerprint density at radius 3 is 1.27 bits per heavy atom. The average molecular weight is 386 g/mol. The third-order valence-corrected chi connectivity index (χ3v) is 5.42. The van der Waals surface area contributed by atoms with Crippen molar-refractivity contribution in [3.63, 3.8) is 0 Å². The highest BCUT2D eigenvalue weighted by Crippen LogP contribution is 2.38. The standard InChI is InChI=1S/C20H18O4S2/c1-13(2)19(21)23-15-5-9-17(10-6-15)25-26-18-11-7-16(8-12-18)24-20(22)14(3)4/h5-12H,1,3H2,2,4H3. The van der Waals surface area contributed by atoms with Crippen LogP contribution in [0.15, 0.2) is 82.6 Å². The van der Waals surface area contributed by atoms with Crippen LogP contribution < -0.4 is 9.47 Å². The topological polar surface area (TPSA) is 52.6 Å². The van der Waals surface area contributed by atoms with Gasteiger partial charge in [-0.2, -0.15) is 0 Å². The fourth-order valence-electron chi connectivity index (χ4n) is 1.61. The van der Waals surface area contributed by atoms with Crippen molar-refractivity contribution in [1.82, 2.24) is 0 Å². The van der Waals surface area contributed by atoms with Gasteiger partial charge < -0.3 is 9.47 Å². The molecule has 0 radical (unpaired) electrons. The van der Waals surface area contributed by atoms with Crippen molar-refractivity contribution >= 4 is 33.5 Å². The van der Waals surface area contributed by atoms with Crippen LogP contribution >= 0.6 is 21.6 Å². The molecule has 0 spiro atoms. The summed E-state index contributed by atoms with van der Waals surface area (Å²) in [7, 11) is 3.14. The summed E-state index contributed by atoms with van der Waals surface area (Å²) in [5, 5.41) is 0. The van der Waals surface area contributed by atoms with Gasteiger partial charge in [0.25, 0.3) is 0 Å². The largest absolute Gasteiger partial charge is 0.423 e. The Bertz CT molecular complexity index is 752. The van der Waals surface area contributed by atoms with E-state index in [1.54, 1.807) is 59.7 Å². The minimum absolute atomic E-state index is 0.358. The third-order valence-electron chi connectivity index (χ3n) is 3.00. The summed E-state index contributed by atoms with van der Waals surface area (Å²) in [6.07, 6.45) is 0. The maximum absolute atomic E-state index is 11.5. The molecule has 4 nitrogen and oxygen atoms in total. The van der Waals surface area contributed by atoms with Crippen LogP contribution in [0.25, 0.3) is 0 Å². The maximum atomic E-state index is 11.5. The first-order chi connectivity index (χ1) is 12.3. The molecule has 6 heteroatoms. The second kappa shape index (κ2) is 9.31. The lowest BCUT2D eigenvalue weighted by molar-refractivity contribution is -0.130. The first-order valence-electron chi connectivity index (χ1n) is 7.65. The Kier molecular flexibility index (Phi) is 7.12. The van der Waals surface area contributed by atoms with E-state index in [2.05, 4.69) is 13.2 Å². The molecule has 0 bridgehead atoms. The van der Waals surface area contributed by atoms with E-state index in [1.807, 2.05) is 24.3 Å². The SMILES string of the molecule is C=C(C)C(=O)Oc1ccc(SSc2ccc(OC(=O)C(=C)C)cc2)cc1. The van der Waals surface area contributed by atoms with E-state index >= 15 is 0 Å². The Labute approximate surface area is 160 Å². The monoisotopic (exact) mass is 386 g/mol. The zero-order valence-corrected chi connectivity index (χ0v) is 16.1. The molecule has 0 saturated carbocycles. The van der Waals surface area contributed by atoms with Crippen molar-refractivity contribution in [2.75, 3.05) is 0 Å². The predicted molar refractivity (Wildman–Crippen MR) is 105 cm³/mol. The van der Waals surface area contributed by atoms with Crippen molar-refractivity contribution < 1.29 is 19.1 Å². The fourth-order valence-corrected chi connectivity index (χ4v) is 3.54. The van der Waals surface area contributed by atoms with Gasteiger partial charge in [-0.25, -0.2) is 9.59 Å². The Hall–Kier alpha value is -2.44. The minimum atomic E-state index is -0.438. The zero-order valence-electron chi connectivity index (χ0n) is 14.5. The Morgan fingerprint density at radius 2 is 1.00 bits per heavy atom. The van der Waals surface area contributed by atoms with Gasteiger partial charge >= 0.3 is 11.9 Å². The van der Waals surface area contributed by atoms with Gasteiger partial charge in [0.05, 0.1) is 0 Å². The highest BCUT2D eigenvalue weighted by atomic mass is 33.1. The molecule has 0 heterocycles. The highest BCUT2D eigenvalue weighted by molar-refractivity contribution is 8.76. The number of rotatable bonds is 7. The number of carbonyl (C=O) groups is 2. The summed E-state index contributed by atoms with van der Waals surface area (Å²) < 4.78 is 10.3. The van der Waals surface area contributed by atoms with E-state index in [0.29, 0.717) is 22.6 Å². The van der Waals surface area contributed by atoms with Crippen LogP contribution in [0.3, 0.4) is 0 Å². The molecule has 0 aliphatic heterocycles. The Balaban J connectivity index is 1.88. The molecule has 0 atom stereocenters. The number of esters is 2. The molecule has 0 N–H and O–H groups in total. The van der Waals surface area contributed by atoms with Gasteiger partial charge in [-0.1, -0.05) is 34.7 Å². The summed E-state index contributed by atoms with van der Waals surface area (Å²) in [4.78, 5) is 25.0. The van der Waals surface area contributed by atoms with E-state index in [-0.39, 0.29) is 0 Å². The summed E-state index contributed by atoms with van der Waals surface area (Å²) in [6, 6.07) is 14.5. The molecule has 26 heavy (non-hydrogen) atoms. The summed E-state index contributed by atoms with van der Waals surface area (Å²) in [6.45, 7) is 10.3. The average Bonchev–Trinajstić information content (AvgIpc) is 2.62. The van der Waals surface area contributed by atoms with Crippen molar-refractivity contribution in [3.8, 4) is 11.5 Å². The van der Waals surface area contributed by atoms with Crippen LogP contribution in [0, 0.1) is 0 Å². The normalized spacial score (nSPS) is 10.1. The summed E-state index contributed by atoms with van der Waals surface area (Å²) >= 11 is 0. The van der Waals surface area contributed by atoms with Crippen molar-refractivity contribution in [1.29, 1.82) is 0 Å². The van der Waals surface area contributed by atoms with E-state index in [1.165, 1.54) is 0 Å². The minimum Gasteiger partial charge on any atom is -0.423 e. The first kappa shape index (κ1) is 19.9. The van der Waals surface area contributed by atoms with E-state index in [4.69, 9.17) is 9.47 Å². The van der Waals surface area contributed by atoms with Gasteiger partial charge in [-0.3, -0.25) is 0 Å². The molecule has 0 unspecified atom stereocenters. The number of hydrogen-bond donors (Lipinski definition) is 0. The molecule has 134 valence electrons. The first-order valence-corrected chi connectivity index (χ1v) is 9.80. The fraction of sp³-hybridized carbons (Fsp3) is 0.100. The van der Waals surface area contributed by atoms with Gasteiger partial charge in [0.1, 0.15) is 11.5 Å². The number of hydrogen-bond acceptors (Lipinski definition) is 6. The molecule has 0 amide bonds. The van der Waals surface area contributed by atoms with Gasteiger partial charge in [-0.05, 0) is 62.4 Å². The number of benzene rings is 2. The predicted octanol–water partition coefficient (Wildman–Crippen LogP) is 5.45. The maximum Gasteiger partial charge on any atom is 0.338 e. The molecule has 2 aromatic rings. The van der Waals surface area contributed by atoms with Gasteiger partial charge in [-0.15, -0.1) is 0 Å². The van der Waals surface area contributed by atoms with Crippen molar-refractivity contribution in [2.24, 2.45) is 0 Å². The molecule has 2 rings (SSSR count). The van der Waals surface area contributed by atoms with E-state index in [0.717, 1.165) is 9.79 Å². The number of carbonyl (C=O) groups excluding carboxylic acids is 2. The summed E-state index contributed by atoms with van der Waals surface area (Å²) in [5.41, 5.74) is 0.716. The van der Waals surface area contributed by atoms with Crippen molar-refractivity contribution in [2.45, 2.75) is 23.6 Å². The second-order valence-corrected chi connectivity index (χ2v) is 7.73. The molecule has 0 aliphatic rings. The van der Waals surface area contributed by atoms with E-state index < -0.39 is 11.9 Å². The highest BCUT2D eigenvalue weighted by Gasteiger charge is 2.07. The van der Waals surface area contributed by atoms with Gasteiger partial charge in [0.15, 0.2) is 0 Å². The van der Waals surface area contributed by atoms with Crippen LogP contribution in [0.2, 0.25) is 0 Å². The molecule has 0 aliphatic carbocycles. The lowest BCUT2D eigenvalue weighted by Crippen LogP contribution is -2.07. The molecular weight excluding hydrogens is 368 g/mol. The van der Waals surface area contributed by atoms with E-state index in [9.17, 15) is 9.59 Å². The van der Waals surface area contributed by atoms with Crippen LogP contribution in [-0.2, 0) is 9.59 Å². The molecular formula is C20H18O4S2. The van der Waals surface area contributed by atoms with Crippen LogP contribution in [0.5, 0.6) is 11.5 Å². The quantitative estimate of drug-likeness (QED) is 0.273. The lowest BCUT2D eigenvalue weighted by Gasteiger charge is -2.06. The molecule has 0 fully saturated rings. The molecule has 0 saturated heterocycles. The molecule has 0 aromatic heterocycles. The second-order valence-electron chi connectivity index (χ2n) is 5.45. The van der Waals surface area contributed by atoms with Crippen molar-refractivity contribution in [3.05, 3.63) is 72.8 Å². The smallest absolute Gasteiger partial charge is 0.338 e. The van der Waals surface area contributed by atoms with Gasteiger partial charge in [0.2, 0.25) is 0 Å². The van der Waals surface area contributed by atoms with Crippen LogP contribution in [0.4, 0.5) is 0 Å². The summed E-state index contributed by atoms with van der Waals surface area (Å²) in [5.74, 6) is 0.0893. The zero-order chi connectivity index (χ0) is 19.1. The Morgan fingerprint density at radius 1 is 0.692 bits per heavy atom. The van der Waals surface area contributed by atoms with Gasteiger partial charge in [0, 0.05) is 20.9 Å².